The number of hydrogen-bond donors (Lipinski definition) is 2. The van der Waals surface area contributed by atoms with Crippen molar-refractivity contribution in [1.82, 2.24) is 10.3 Å². The Labute approximate surface area is 179 Å². The van der Waals surface area contributed by atoms with Crippen LogP contribution in [0.4, 0.5) is 5.69 Å². The van der Waals surface area contributed by atoms with Crippen molar-refractivity contribution in [3.05, 3.63) is 101 Å². The summed E-state index contributed by atoms with van der Waals surface area (Å²) in [5.41, 5.74) is 2.67. The van der Waals surface area contributed by atoms with Crippen LogP contribution in [0.2, 0.25) is 0 Å². The smallest absolute Gasteiger partial charge is 0.337 e. The molecular formula is C24H21N3O4. The predicted molar refractivity (Wildman–Crippen MR) is 117 cm³/mol. The third-order valence-electron chi connectivity index (χ3n) is 4.30. The maximum absolute atomic E-state index is 12.3. The molecular weight excluding hydrogens is 394 g/mol. The van der Waals surface area contributed by atoms with Crippen LogP contribution in [-0.4, -0.2) is 29.9 Å². The second-order valence-corrected chi connectivity index (χ2v) is 6.56. The Morgan fingerprint density at radius 3 is 2.42 bits per heavy atom. The van der Waals surface area contributed by atoms with Crippen LogP contribution in [0, 0.1) is 0 Å². The van der Waals surface area contributed by atoms with Crippen LogP contribution in [0.15, 0.2) is 79.1 Å². The van der Waals surface area contributed by atoms with E-state index in [1.54, 1.807) is 30.3 Å². The van der Waals surface area contributed by atoms with Crippen molar-refractivity contribution in [2.24, 2.45) is 0 Å². The highest BCUT2D eigenvalue weighted by molar-refractivity contribution is 6.03. The molecule has 2 N–H and O–H groups in total. The molecule has 0 unspecified atom stereocenters. The van der Waals surface area contributed by atoms with Crippen LogP contribution in [0.1, 0.15) is 31.8 Å². The number of amides is 2. The third kappa shape index (κ3) is 6.37. The molecule has 2 amide bonds. The predicted octanol–water partition coefficient (Wildman–Crippen LogP) is 3.45. The highest BCUT2D eigenvalue weighted by Crippen LogP contribution is 2.17. The molecule has 31 heavy (non-hydrogen) atoms. The van der Waals surface area contributed by atoms with Gasteiger partial charge in [-0.1, -0.05) is 30.3 Å². The van der Waals surface area contributed by atoms with Gasteiger partial charge in [0, 0.05) is 36.3 Å². The van der Waals surface area contributed by atoms with E-state index in [9.17, 15) is 14.4 Å². The Morgan fingerprint density at radius 1 is 0.968 bits per heavy atom. The van der Waals surface area contributed by atoms with Crippen LogP contribution < -0.4 is 10.6 Å². The standard InChI is InChI=1S/C24H21N3O4/c1-31-24(30)20-13-18(16-26-23(29)19-9-11-25-12-10-19)14-21(15-20)27-22(28)8-7-17-5-3-2-4-6-17/h2-15H,16H2,1H3,(H,26,29)(H,27,28)/b8-7+. The van der Waals surface area contributed by atoms with E-state index < -0.39 is 5.97 Å². The highest BCUT2D eigenvalue weighted by atomic mass is 16.5. The number of pyridine rings is 1. The number of benzene rings is 2. The maximum Gasteiger partial charge on any atom is 0.337 e. The lowest BCUT2D eigenvalue weighted by molar-refractivity contribution is -0.111. The van der Waals surface area contributed by atoms with Gasteiger partial charge in [-0.05, 0) is 47.5 Å². The molecule has 156 valence electrons. The fraction of sp³-hybridized carbons (Fsp3) is 0.0833. The number of hydrogen-bond acceptors (Lipinski definition) is 5. The summed E-state index contributed by atoms with van der Waals surface area (Å²) in [5, 5.41) is 5.52. The van der Waals surface area contributed by atoms with E-state index in [1.165, 1.54) is 31.6 Å². The summed E-state index contributed by atoms with van der Waals surface area (Å²) in [6.45, 7) is 0.161. The number of aromatic nitrogens is 1. The van der Waals surface area contributed by atoms with Crippen LogP contribution >= 0.6 is 0 Å². The third-order valence-corrected chi connectivity index (χ3v) is 4.30. The second-order valence-electron chi connectivity index (χ2n) is 6.56. The van der Waals surface area contributed by atoms with Crippen molar-refractivity contribution in [2.75, 3.05) is 12.4 Å². The molecule has 7 heteroatoms. The fourth-order valence-corrected chi connectivity index (χ4v) is 2.81. The number of carbonyl (C=O) groups is 3. The topological polar surface area (TPSA) is 97.4 Å². The van der Waals surface area contributed by atoms with E-state index in [0.717, 1.165) is 5.56 Å². The first-order valence-electron chi connectivity index (χ1n) is 9.50. The molecule has 0 aliphatic heterocycles. The van der Waals surface area contributed by atoms with Gasteiger partial charge in [0.2, 0.25) is 5.91 Å². The molecule has 7 nitrogen and oxygen atoms in total. The quantitative estimate of drug-likeness (QED) is 0.455. The van der Waals surface area contributed by atoms with Crippen molar-refractivity contribution < 1.29 is 19.1 Å². The summed E-state index contributed by atoms with van der Waals surface area (Å²) in [4.78, 5) is 40.5. The van der Waals surface area contributed by atoms with Gasteiger partial charge in [-0.25, -0.2) is 4.79 Å². The Morgan fingerprint density at radius 2 is 1.71 bits per heavy atom. The van der Waals surface area contributed by atoms with Gasteiger partial charge in [0.1, 0.15) is 0 Å². The first-order valence-corrected chi connectivity index (χ1v) is 9.50. The average molecular weight is 415 g/mol. The number of methoxy groups -OCH3 is 1. The number of nitrogens with zero attached hydrogens (tertiary/aromatic N) is 1. The molecule has 1 heterocycles. The van der Waals surface area contributed by atoms with Gasteiger partial charge in [-0.3, -0.25) is 14.6 Å². The Hall–Kier alpha value is -4.26. The van der Waals surface area contributed by atoms with E-state index in [4.69, 9.17) is 4.74 Å². The maximum atomic E-state index is 12.3. The van der Waals surface area contributed by atoms with E-state index in [-0.39, 0.29) is 23.9 Å². The summed E-state index contributed by atoms with van der Waals surface area (Å²) < 4.78 is 4.79. The molecule has 0 fully saturated rings. The van der Waals surface area contributed by atoms with Crippen molar-refractivity contribution in [3.63, 3.8) is 0 Å². The molecule has 0 spiro atoms. The molecule has 3 aromatic rings. The van der Waals surface area contributed by atoms with Gasteiger partial charge in [-0.2, -0.15) is 0 Å². The first-order chi connectivity index (χ1) is 15.0. The van der Waals surface area contributed by atoms with Crippen LogP contribution in [0.25, 0.3) is 6.08 Å². The van der Waals surface area contributed by atoms with Gasteiger partial charge in [-0.15, -0.1) is 0 Å². The minimum atomic E-state index is -0.544. The first kappa shape index (κ1) is 21.4. The number of rotatable bonds is 7. The van der Waals surface area contributed by atoms with E-state index in [2.05, 4.69) is 15.6 Å². The normalized spacial score (nSPS) is 10.5. The molecule has 3 rings (SSSR count). The van der Waals surface area contributed by atoms with Gasteiger partial charge in [0.15, 0.2) is 0 Å². The van der Waals surface area contributed by atoms with E-state index >= 15 is 0 Å². The molecule has 0 atom stereocenters. The van der Waals surface area contributed by atoms with Crippen molar-refractivity contribution in [2.45, 2.75) is 6.54 Å². The summed E-state index contributed by atoms with van der Waals surface area (Å²) in [5.74, 6) is -1.17. The zero-order chi connectivity index (χ0) is 22.1. The van der Waals surface area contributed by atoms with E-state index in [1.807, 2.05) is 30.3 Å². The van der Waals surface area contributed by atoms with Gasteiger partial charge in [0.05, 0.1) is 12.7 Å². The SMILES string of the molecule is COC(=O)c1cc(CNC(=O)c2ccncc2)cc(NC(=O)/C=C/c2ccccc2)c1. The lowest BCUT2D eigenvalue weighted by atomic mass is 10.1. The summed E-state index contributed by atoms with van der Waals surface area (Å²) >= 11 is 0. The lowest BCUT2D eigenvalue weighted by Crippen LogP contribution is -2.23. The molecule has 2 aromatic carbocycles. The minimum Gasteiger partial charge on any atom is -0.465 e. The molecule has 1 aromatic heterocycles. The summed E-state index contributed by atoms with van der Waals surface area (Å²) in [7, 11) is 1.28. The van der Waals surface area contributed by atoms with Crippen LogP contribution in [-0.2, 0) is 16.1 Å². The zero-order valence-corrected chi connectivity index (χ0v) is 16.9. The minimum absolute atomic E-state index is 0.161. The largest absolute Gasteiger partial charge is 0.465 e. The van der Waals surface area contributed by atoms with Crippen molar-refractivity contribution >= 4 is 29.5 Å². The van der Waals surface area contributed by atoms with Crippen molar-refractivity contribution in [3.8, 4) is 0 Å². The van der Waals surface area contributed by atoms with Crippen LogP contribution in [0.5, 0.6) is 0 Å². The zero-order valence-electron chi connectivity index (χ0n) is 16.9. The van der Waals surface area contributed by atoms with Gasteiger partial charge >= 0.3 is 5.97 Å². The monoisotopic (exact) mass is 415 g/mol. The Kier molecular flexibility index (Phi) is 7.26. The number of esters is 1. The number of carbonyl (C=O) groups excluding carboxylic acids is 3. The van der Waals surface area contributed by atoms with Gasteiger partial charge in [0.25, 0.3) is 5.91 Å². The molecule has 0 aliphatic rings. The second kappa shape index (κ2) is 10.5. The molecule has 0 bridgehead atoms. The fourth-order valence-electron chi connectivity index (χ4n) is 2.81. The van der Waals surface area contributed by atoms with Gasteiger partial charge < -0.3 is 15.4 Å². The molecule has 0 saturated carbocycles. The number of anilines is 1. The highest BCUT2D eigenvalue weighted by Gasteiger charge is 2.11. The number of nitrogens with one attached hydrogen (secondary N) is 2. The molecule has 0 radical (unpaired) electrons. The van der Waals surface area contributed by atoms with Crippen molar-refractivity contribution in [1.29, 1.82) is 0 Å². The Bertz CT molecular complexity index is 1100. The average Bonchev–Trinajstić information content (AvgIpc) is 2.81. The molecule has 0 saturated heterocycles. The number of ether oxygens (including phenoxy) is 1. The Balaban J connectivity index is 1.73. The summed E-state index contributed by atoms with van der Waals surface area (Å²) in [6, 6.07) is 17.4. The van der Waals surface area contributed by atoms with Crippen LogP contribution in [0.3, 0.4) is 0 Å². The van der Waals surface area contributed by atoms with E-state index in [0.29, 0.717) is 16.8 Å². The summed E-state index contributed by atoms with van der Waals surface area (Å²) in [6.07, 6.45) is 6.16. The lowest BCUT2D eigenvalue weighted by Gasteiger charge is -2.10. The molecule has 0 aliphatic carbocycles.